The molecule has 1 saturated carbocycles. The summed E-state index contributed by atoms with van der Waals surface area (Å²) in [5.41, 5.74) is 5.40. The maximum atomic E-state index is 13.2. The lowest BCUT2D eigenvalue weighted by Gasteiger charge is -2.24. The van der Waals surface area contributed by atoms with Crippen LogP contribution in [-0.4, -0.2) is 48.3 Å². The van der Waals surface area contributed by atoms with Crippen LogP contribution in [0.5, 0.6) is 0 Å². The topological polar surface area (TPSA) is 137 Å². The number of nitrogens with zero attached hydrogens (tertiary/aromatic N) is 2. The molecule has 1 aliphatic carbocycles. The summed E-state index contributed by atoms with van der Waals surface area (Å²) in [5.74, 6) is -1.33. The SMILES string of the molecule is COCCN(C(=O)COC(=O)C1(c2ccccc2)CC1)c1c(N)n(Cc2ccccc2)c(=O)[nH]c1=O. The number of aromatic amines is 1. The minimum Gasteiger partial charge on any atom is -0.455 e. The number of carbonyl (C=O) groups is 2. The molecule has 1 fully saturated rings. The van der Waals surface area contributed by atoms with Gasteiger partial charge in [-0.1, -0.05) is 60.7 Å². The van der Waals surface area contributed by atoms with E-state index in [4.69, 9.17) is 15.2 Å². The third kappa shape index (κ3) is 5.08. The van der Waals surface area contributed by atoms with Crippen LogP contribution in [0.4, 0.5) is 11.5 Å². The van der Waals surface area contributed by atoms with E-state index in [0.29, 0.717) is 12.8 Å². The second-order valence-corrected chi connectivity index (χ2v) is 8.63. The number of hydrogen-bond acceptors (Lipinski definition) is 7. The summed E-state index contributed by atoms with van der Waals surface area (Å²) >= 11 is 0. The maximum Gasteiger partial charge on any atom is 0.330 e. The normalized spacial score (nSPS) is 13.7. The fourth-order valence-electron chi connectivity index (χ4n) is 4.14. The number of esters is 1. The van der Waals surface area contributed by atoms with Gasteiger partial charge in [0.25, 0.3) is 11.5 Å². The molecule has 2 aromatic carbocycles. The van der Waals surface area contributed by atoms with Gasteiger partial charge in [0.05, 0.1) is 18.6 Å². The van der Waals surface area contributed by atoms with Crippen LogP contribution in [0.15, 0.2) is 70.3 Å². The van der Waals surface area contributed by atoms with Crippen LogP contribution in [0, 0.1) is 0 Å². The Morgan fingerprint density at radius 3 is 2.31 bits per heavy atom. The molecule has 1 heterocycles. The molecular formula is C26H28N4O6. The molecule has 3 aromatic rings. The first-order chi connectivity index (χ1) is 17.4. The lowest BCUT2D eigenvalue weighted by molar-refractivity contribution is -0.150. The van der Waals surface area contributed by atoms with Crippen molar-refractivity contribution in [1.82, 2.24) is 9.55 Å². The van der Waals surface area contributed by atoms with Crippen molar-refractivity contribution in [2.75, 3.05) is 37.5 Å². The van der Waals surface area contributed by atoms with Crippen LogP contribution in [0.25, 0.3) is 0 Å². The van der Waals surface area contributed by atoms with E-state index in [0.717, 1.165) is 16.0 Å². The van der Waals surface area contributed by atoms with E-state index in [1.165, 1.54) is 11.7 Å². The van der Waals surface area contributed by atoms with Crippen LogP contribution in [0.3, 0.4) is 0 Å². The summed E-state index contributed by atoms with van der Waals surface area (Å²) in [4.78, 5) is 54.7. The summed E-state index contributed by atoms with van der Waals surface area (Å²) in [6.45, 7) is -0.443. The van der Waals surface area contributed by atoms with Crippen molar-refractivity contribution in [1.29, 1.82) is 0 Å². The lowest BCUT2D eigenvalue weighted by Crippen LogP contribution is -2.44. The van der Waals surface area contributed by atoms with Gasteiger partial charge in [-0.3, -0.25) is 28.8 Å². The molecule has 0 spiro atoms. The number of aromatic nitrogens is 2. The Kier molecular flexibility index (Phi) is 7.35. The van der Waals surface area contributed by atoms with Crippen LogP contribution in [0.1, 0.15) is 24.0 Å². The average molecular weight is 493 g/mol. The summed E-state index contributed by atoms with van der Waals surface area (Å²) in [5, 5.41) is 0. The monoisotopic (exact) mass is 492 g/mol. The number of hydrogen-bond donors (Lipinski definition) is 2. The number of benzene rings is 2. The Labute approximate surface area is 207 Å². The molecule has 1 amide bonds. The fourth-order valence-corrected chi connectivity index (χ4v) is 4.14. The van der Waals surface area contributed by atoms with Crippen molar-refractivity contribution in [3.63, 3.8) is 0 Å². The average Bonchev–Trinajstić information content (AvgIpc) is 3.70. The van der Waals surface area contributed by atoms with Crippen molar-refractivity contribution in [2.24, 2.45) is 0 Å². The number of methoxy groups -OCH3 is 1. The second kappa shape index (κ2) is 10.6. The number of carbonyl (C=O) groups excluding carboxylic acids is 2. The number of rotatable bonds is 10. The minimum absolute atomic E-state index is 0.0342. The number of anilines is 2. The van der Waals surface area contributed by atoms with Crippen LogP contribution >= 0.6 is 0 Å². The molecule has 1 aromatic heterocycles. The third-order valence-corrected chi connectivity index (χ3v) is 6.28. The molecule has 0 atom stereocenters. The van der Waals surface area contributed by atoms with Gasteiger partial charge < -0.3 is 15.2 Å². The number of nitrogen functional groups attached to an aromatic ring is 1. The molecule has 1 aliphatic rings. The van der Waals surface area contributed by atoms with Crippen LogP contribution in [-0.2, 0) is 31.0 Å². The smallest absolute Gasteiger partial charge is 0.330 e. The van der Waals surface area contributed by atoms with Gasteiger partial charge in [0.1, 0.15) is 5.82 Å². The molecule has 0 bridgehead atoms. The highest BCUT2D eigenvalue weighted by molar-refractivity contribution is 5.98. The van der Waals surface area contributed by atoms with E-state index < -0.39 is 35.1 Å². The first-order valence-corrected chi connectivity index (χ1v) is 11.6. The van der Waals surface area contributed by atoms with Gasteiger partial charge in [0.2, 0.25) is 0 Å². The molecule has 0 saturated heterocycles. The van der Waals surface area contributed by atoms with E-state index in [2.05, 4.69) is 4.98 Å². The molecule has 0 radical (unpaired) electrons. The number of amides is 1. The van der Waals surface area contributed by atoms with Crippen molar-refractivity contribution < 1.29 is 19.1 Å². The Bertz CT molecular complexity index is 1350. The number of H-pyrrole nitrogens is 1. The first kappa shape index (κ1) is 24.9. The highest BCUT2D eigenvalue weighted by atomic mass is 16.5. The zero-order valence-corrected chi connectivity index (χ0v) is 19.9. The highest BCUT2D eigenvalue weighted by Crippen LogP contribution is 2.49. The Balaban J connectivity index is 1.58. The molecule has 3 N–H and O–H groups in total. The molecular weight excluding hydrogens is 464 g/mol. The summed E-state index contributed by atoms with van der Waals surface area (Å²) in [6, 6.07) is 18.4. The maximum absolute atomic E-state index is 13.2. The van der Waals surface area contributed by atoms with Crippen molar-refractivity contribution in [3.8, 4) is 0 Å². The minimum atomic E-state index is -0.819. The van der Waals surface area contributed by atoms with Gasteiger partial charge in [-0.2, -0.15) is 0 Å². The summed E-state index contributed by atoms with van der Waals surface area (Å²) in [6.07, 6.45) is 1.27. The highest BCUT2D eigenvalue weighted by Gasteiger charge is 2.52. The largest absolute Gasteiger partial charge is 0.455 e. The third-order valence-electron chi connectivity index (χ3n) is 6.28. The first-order valence-electron chi connectivity index (χ1n) is 11.6. The van der Waals surface area contributed by atoms with E-state index >= 15 is 0 Å². The van der Waals surface area contributed by atoms with E-state index in [1.807, 2.05) is 60.7 Å². The molecule has 0 unspecified atom stereocenters. The van der Waals surface area contributed by atoms with Gasteiger partial charge in [0.15, 0.2) is 12.3 Å². The standard InChI is InChI=1S/C26H28N4O6/c1-35-15-14-29(20(31)17-36-24(33)26(12-13-26)19-10-6-3-7-11-19)21-22(27)30(25(34)28-23(21)32)16-18-8-4-2-5-9-18/h2-11H,12-17,27H2,1H3,(H,28,32,34). The molecule has 10 heteroatoms. The number of nitrogens with one attached hydrogen (secondary N) is 1. The van der Waals surface area contributed by atoms with E-state index in [9.17, 15) is 19.2 Å². The van der Waals surface area contributed by atoms with Crippen molar-refractivity contribution in [2.45, 2.75) is 24.8 Å². The fraction of sp³-hybridized carbons (Fsp3) is 0.308. The zero-order valence-electron chi connectivity index (χ0n) is 19.9. The van der Waals surface area contributed by atoms with Gasteiger partial charge in [-0.05, 0) is 24.0 Å². The predicted molar refractivity (Wildman–Crippen MR) is 134 cm³/mol. The quantitative estimate of drug-likeness (QED) is 0.409. The van der Waals surface area contributed by atoms with Crippen LogP contribution in [0.2, 0.25) is 0 Å². The molecule has 4 rings (SSSR count). The van der Waals surface area contributed by atoms with Gasteiger partial charge in [-0.25, -0.2) is 4.79 Å². The van der Waals surface area contributed by atoms with Gasteiger partial charge >= 0.3 is 11.7 Å². The molecule has 0 aliphatic heterocycles. The summed E-state index contributed by atoms with van der Waals surface area (Å²) < 4.78 is 11.7. The number of nitrogens with two attached hydrogens (primary N) is 1. The molecule has 36 heavy (non-hydrogen) atoms. The Morgan fingerprint density at radius 2 is 1.69 bits per heavy atom. The second-order valence-electron chi connectivity index (χ2n) is 8.63. The molecule has 10 nitrogen and oxygen atoms in total. The van der Waals surface area contributed by atoms with Crippen molar-refractivity contribution >= 4 is 23.4 Å². The number of ether oxygens (including phenoxy) is 2. The van der Waals surface area contributed by atoms with E-state index in [1.54, 1.807) is 0 Å². The van der Waals surface area contributed by atoms with Crippen LogP contribution < -0.4 is 21.9 Å². The lowest BCUT2D eigenvalue weighted by atomic mass is 9.96. The van der Waals surface area contributed by atoms with Gasteiger partial charge in [-0.15, -0.1) is 0 Å². The zero-order chi connectivity index (χ0) is 25.7. The Morgan fingerprint density at radius 1 is 1.06 bits per heavy atom. The van der Waals surface area contributed by atoms with E-state index in [-0.39, 0.29) is 31.2 Å². The van der Waals surface area contributed by atoms with Gasteiger partial charge in [0, 0.05) is 13.7 Å². The van der Waals surface area contributed by atoms with Crippen molar-refractivity contribution in [3.05, 3.63) is 92.6 Å². The predicted octanol–water partition coefficient (Wildman–Crippen LogP) is 1.42. The Hall–Kier alpha value is -4.18. The summed E-state index contributed by atoms with van der Waals surface area (Å²) in [7, 11) is 1.45. The molecule has 188 valence electrons.